The molecule has 0 aromatic heterocycles. The maximum Gasteiger partial charge on any atom is 0.414 e. The molecule has 0 N–H and O–H groups in total. The summed E-state index contributed by atoms with van der Waals surface area (Å²) in [5, 5.41) is 0. The first-order chi connectivity index (χ1) is 10.6. The molecule has 22 heavy (non-hydrogen) atoms. The molecule has 0 heterocycles. The smallest absolute Gasteiger partial charge is 0.409 e. The second-order valence-electron chi connectivity index (χ2n) is 5.16. The van der Waals surface area contributed by atoms with E-state index in [2.05, 4.69) is 6.92 Å². The second-order valence-corrected chi connectivity index (χ2v) is 5.16. The van der Waals surface area contributed by atoms with Crippen LogP contribution in [0.25, 0.3) is 11.3 Å². The molecule has 2 aromatic carbocycles. The molecule has 0 bridgehead atoms. The summed E-state index contributed by atoms with van der Waals surface area (Å²) < 4.78 is 5.67. The molecule has 0 spiro atoms. The maximum absolute atomic E-state index is 12.0. The van der Waals surface area contributed by atoms with Crippen molar-refractivity contribution in [1.82, 2.24) is 4.90 Å². The van der Waals surface area contributed by atoms with Gasteiger partial charge in [-0.1, -0.05) is 67.6 Å². The van der Waals surface area contributed by atoms with Crippen LogP contribution < -0.4 is 0 Å². The molecule has 0 aliphatic carbocycles. The molecular weight excluding hydrogens is 274 g/mol. The SMILES string of the molecule is CC/C(=C(\OC(=O)N(C)C)c1ccccc1)c1ccccc1. The van der Waals surface area contributed by atoms with Crippen molar-refractivity contribution in [3.05, 3.63) is 71.8 Å². The lowest BCUT2D eigenvalue weighted by Crippen LogP contribution is -2.22. The average Bonchev–Trinajstić information content (AvgIpc) is 2.56. The summed E-state index contributed by atoms with van der Waals surface area (Å²) in [5.41, 5.74) is 2.98. The number of hydrogen-bond donors (Lipinski definition) is 0. The number of ether oxygens (including phenoxy) is 1. The lowest BCUT2D eigenvalue weighted by atomic mass is 9.99. The molecule has 3 nitrogen and oxygen atoms in total. The van der Waals surface area contributed by atoms with Crippen LogP contribution >= 0.6 is 0 Å². The van der Waals surface area contributed by atoms with Crippen molar-refractivity contribution in [3.63, 3.8) is 0 Å². The van der Waals surface area contributed by atoms with Crippen LogP contribution in [0.15, 0.2) is 60.7 Å². The van der Waals surface area contributed by atoms with E-state index in [1.54, 1.807) is 14.1 Å². The molecular formula is C19H21NO2. The molecule has 0 radical (unpaired) electrons. The Morgan fingerprint density at radius 1 is 0.909 bits per heavy atom. The summed E-state index contributed by atoms with van der Waals surface area (Å²) in [6, 6.07) is 19.8. The van der Waals surface area contributed by atoms with E-state index in [1.807, 2.05) is 60.7 Å². The lowest BCUT2D eigenvalue weighted by molar-refractivity contribution is 0.163. The fourth-order valence-electron chi connectivity index (χ4n) is 2.20. The van der Waals surface area contributed by atoms with Gasteiger partial charge in [0, 0.05) is 25.2 Å². The molecule has 3 heteroatoms. The van der Waals surface area contributed by atoms with Gasteiger partial charge in [0.15, 0.2) is 0 Å². The Morgan fingerprint density at radius 2 is 1.41 bits per heavy atom. The summed E-state index contributed by atoms with van der Waals surface area (Å²) in [7, 11) is 3.36. The largest absolute Gasteiger partial charge is 0.414 e. The number of nitrogens with zero attached hydrogens (tertiary/aromatic N) is 1. The maximum atomic E-state index is 12.0. The van der Waals surface area contributed by atoms with Crippen LogP contribution in [0.1, 0.15) is 24.5 Å². The topological polar surface area (TPSA) is 29.5 Å². The van der Waals surface area contributed by atoms with Crippen molar-refractivity contribution in [3.8, 4) is 0 Å². The van der Waals surface area contributed by atoms with Crippen molar-refractivity contribution in [1.29, 1.82) is 0 Å². The standard InChI is InChI=1S/C19H21NO2/c1-4-17(15-11-7-5-8-12-15)18(22-19(21)20(2)3)16-13-9-6-10-14-16/h5-14H,4H2,1-3H3/b18-17+. The summed E-state index contributed by atoms with van der Waals surface area (Å²) in [6.07, 6.45) is 0.398. The third-order valence-corrected chi connectivity index (χ3v) is 3.34. The Morgan fingerprint density at radius 3 is 1.86 bits per heavy atom. The van der Waals surface area contributed by atoms with Crippen LogP contribution in [0.3, 0.4) is 0 Å². The fraction of sp³-hybridized carbons (Fsp3) is 0.211. The van der Waals surface area contributed by atoms with E-state index in [0.717, 1.165) is 23.1 Å². The van der Waals surface area contributed by atoms with Crippen molar-refractivity contribution >= 4 is 17.4 Å². The molecule has 2 rings (SSSR count). The van der Waals surface area contributed by atoms with Crippen LogP contribution in [-0.2, 0) is 4.74 Å². The third-order valence-electron chi connectivity index (χ3n) is 3.34. The predicted octanol–water partition coefficient (Wildman–Crippen LogP) is 4.66. The highest BCUT2D eigenvalue weighted by Crippen LogP contribution is 2.30. The normalized spacial score (nSPS) is 11.6. The first-order valence-corrected chi connectivity index (χ1v) is 7.36. The van der Waals surface area contributed by atoms with Crippen LogP contribution in [-0.4, -0.2) is 25.1 Å². The van der Waals surface area contributed by atoms with Gasteiger partial charge in [0.05, 0.1) is 0 Å². The summed E-state index contributed by atoms with van der Waals surface area (Å²) >= 11 is 0. The molecule has 0 unspecified atom stereocenters. The van der Waals surface area contributed by atoms with Crippen LogP contribution in [0.2, 0.25) is 0 Å². The monoisotopic (exact) mass is 295 g/mol. The Bertz CT molecular complexity index is 646. The highest BCUT2D eigenvalue weighted by Gasteiger charge is 2.16. The molecule has 1 amide bonds. The highest BCUT2D eigenvalue weighted by atomic mass is 16.6. The van der Waals surface area contributed by atoms with E-state index < -0.39 is 0 Å². The lowest BCUT2D eigenvalue weighted by Gasteiger charge is -2.17. The van der Waals surface area contributed by atoms with Gasteiger partial charge in [-0.3, -0.25) is 0 Å². The van der Waals surface area contributed by atoms with Crippen LogP contribution in [0.5, 0.6) is 0 Å². The van der Waals surface area contributed by atoms with Gasteiger partial charge in [-0.2, -0.15) is 0 Å². The van der Waals surface area contributed by atoms with Crippen molar-refractivity contribution in [2.24, 2.45) is 0 Å². The number of allylic oxidation sites excluding steroid dienone is 1. The molecule has 0 saturated carbocycles. The number of carbonyl (C=O) groups excluding carboxylic acids is 1. The third kappa shape index (κ3) is 3.76. The zero-order valence-electron chi connectivity index (χ0n) is 13.2. The van der Waals surface area contributed by atoms with Gasteiger partial charge in [0.25, 0.3) is 0 Å². The zero-order chi connectivity index (χ0) is 15.9. The zero-order valence-corrected chi connectivity index (χ0v) is 13.2. The van der Waals surface area contributed by atoms with Gasteiger partial charge in [-0.05, 0) is 12.0 Å². The van der Waals surface area contributed by atoms with E-state index in [0.29, 0.717) is 5.76 Å². The number of hydrogen-bond acceptors (Lipinski definition) is 2. The van der Waals surface area contributed by atoms with Gasteiger partial charge in [0.1, 0.15) is 5.76 Å². The second kappa shape index (κ2) is 7.46. The Kier molecular flexibility index (Phi) is 5.37. The number of amides is 1. The van der Waals surface area contributed by atoms with Gasteiger partial charge >= 0.3 is 6.09 Å². The van der Waals surface area contributed by atoms with Crippen molar-refractivity contribution in [2.45, 2.75) is 13.3 Å². The number of rotatable bonds is 4. The Balaban J connectivity index is 2.55. The van der Waals surface area contributed by atoms with Crippen LogP contribution in [0.4, 0.5) is 4.79 Å². The van der Waals surface area contributed by atoms with E-state index in [-0.39, 0.29) is 6.09 Å². The molecule has 0 fully saturated rings. The summed E-state index contributed by atoms with van der Waals surface area (Å²) in [6.45, 7) is 2.06. The number of benzene rings is 2. The van der Waals surface area contributed by atoms with Gasteiger partial charge in [-0.25, -0.2) is 4.79 Å². The molecule has 0 atom stereocenters. The van der Waals surface area contributed by atoms with E-state index in [1.165, 1.54) is 4.90 Å². The van der Waals surface area contributed by atoms with Crippen LogP contribution in [0, 0.1) is 0 Å². The minimum atomic E-state index is -0.374. The van der Waals surface area contributed by atoms with E-state index in [9.17, 15) is 4.79 Å². The van der Waals surface area contributed by atoms with Gasteiger partial charge < -0.3 is 9.64 Å². The number of carbonyl (C=O) groups is 1. The molecule has 0 saturated heterocycles. The van der Waals surface area contributed by atoms with Gasteiger partial charge in [0.2, 0.25) is 0 Å². The first-order valence-electron chi connectivity index (χ1n) is 7.36. The van der Waals surface area contributed by atoms with Crippen molar-refractivity contribution in [2.75, 3.05) is 14.1 Å². The summed E-state index contributed by atoms with van der Waals surface area (Å²) in [5.74, 6) is 0.619. The quantitative estimate of drug-likeness (QED) is 0.606. The summed E-state index contributed by atoms with van der Waals surface area (Å²) in [4.78, 5) is 13.5. The van der Waals surface area contributed by atoms with E-state index in [4.69, 9.17) is 4.74 Å². The molecule has 0 aliphatic rings. The van der Waals surface area contributed by atoms with Crippen molar-refractivity contribution < 1.29 is 9.53 Å². The minimum absolute atomic E-state index is 0.374. The molecule has 114 valence electrons. The van der Waals surface area contributed by atoms with E-state index >= 15 is 0 Å². The predicted molar refractivity (Wildman–Crippen MR) is 90.2 cm³/mol. The Labute approximate surface area is 131 Å². The fourth-order valence-corrected chi connectivity index (χ4v) is 2.20. The highest BCUT2D eigenvalue weighted by molar-refractivity contribution is 5.91. The average molecular weight is 295 g/mol. The minimum Gasteiger partial charge on any atom is -0.409 e. The molecule has 0 aliphatic heterocycles. The first kappa shape index (κ1) is 15.8. The Hall–Kier alpha value is -2.55. The molecule has 2 aromatic rings. The van der Waals surface area contributed by atoms with Gasteiger partial charge in [-0.15, -0.1) is 0 Å².